The van der Waals surface area contributed by atoms with Gasteiger partial charge in [0.2, 0.25) is 0 Å². The Morgan fingerprint density at radius 2 is 1.97 bits per heavy atom. The SMILES string of the molecule is CCC(O)c1ccc(OC)c(-c2cn(COCC[Si](C)(C)C)c3c(F)cccc23)n1. The van der Waals surface area contributed by atoms with E-state index in [1.165, 1.54) is 6.07 Å². The molecule has 2 aromatic heterocycles. The van der Waals surface area contributed by atoms with Gasteiger partial charge >= 0.3 is 0 Å². The van der Waals surface area contributed by atoms with Gasteiger partial charge in [0, 0.05) is 31.8 Å². The van der Waals surface area contributed by atoms with Crippen molar-refractivity contribution in [3.8, 4) is 17.0 Å². The molecule has 0 amide bonds. The van der Waals surface area contributed by atoms with Gasteiger partial charge < -0.3 is 19.1 Å². The van der Waals surface area contributed by atoms with Crippen LogP contribution < -0.4 is 4.74 Å². The minimum atomic E-state index is -1.20. The number of para-hydroxylation sites is 1. The average molecular weight is 431 g/mol. The molecule has 0 saturated carbocycles. The number of hydrogen-bond donors (Lipinski definition) is 1. The fourth-order valence-electron chi connectivity index (χ4n) is 3.36. The number of benzene rings is 1. The lowest BCUT2D eigenvalue weighted by atomic mass is 10.1. The lowest BCUT2D eigenvalue weighted by Crippen LogP contribution is -2.22. The molecular weight excluding hydrogens is 399 g/mol. The van der Waals surface area contributed by atoms with Crippen molar-refractivity contribution in [1.29, 1.82) is 0 Å². The summed E-state index contributed by atoms with van der Waals surface area (Å²) in [7, 11) is 0.380. The molecule has 1 N–H and O–H groups in total. The number of aliphatic hydroxyl groups is 1. The number of aromatic nitrogens is 2. The summed E-state index contributed by atoms with van der Waals surface area (Å²) < 4.78 is 27.9. The second kappa shape index (κ2) is 9.28. The Balaban J connectivity index is 2.04. The Hall–Kier alpha value is -2.22. The van der Waals surface area contributed by atoms with Crippen LogP contribution in [0.2, 0.25) is 25.7 Å². The zero-order valence-electron chi connectivity index (χ0n) is 18.4. The van der Waals surface area contributed by atoms with Gasteiger partial charge in [-0.1, -0.05) is 38.7 Å². The molecule has 0 spiro atoms. The first kappa shape index (κ1) is 22.5. The molecule has 0 aliphatic rings. The molecule has 3 rings (SSSR count). The van der Waals surface area contributed by atoms with E-state index in [4.69, 9.17) is 9.47 Å². The predicted octanol–water partition coefficient (Wildman–Crippen LogP) is 5.61. The topological polar surface area (TPSA) is 56.5 Å². The zero-order chi connectivity index (χ0) is 21.9. The average Bonchev–Trinajstić information content (AvgIpc) is 3.09. The lowest BCUT2D eigenvalue weighted by molar-refractivity contribution is 0.0899. The molecule has 2 heterocycles. The molecule has 0 aliphatic heterocycles. The number of nitrogens with zero attached hydrogens (tertiary/aromatic N) is 2. The number of fused-ring (bicyclic) bond motifs is 1. The Morgan fingerprint density at radius 3 is 2.63 bits per heavy atom. The molecule has 162 valence electrons. The molecule has 0 saturated heterocycles. The first-order valence-electron chi connectivity index (χ1n) is 10.3. The highest BCUT2D eigenvalue weighted by molar-refractivity contribution is 6.76. The summed E-state index contributed by atoms with van der Waals surface area (Å²) in [6.45, 7) is 9.72. The van der Waals surface area contributed by atoms with Crippen molar-refractivity contribution in [2.45, 2.75) is 51.9 Å². The Morgan fingerprint density at radius 1 is 1.20 bits per heavy atom. The fourth-order valence-corrected chi connectivity index (χ4v) is 4.12. The van der Waals surface area contributed by atoms with Crippen molar-refractivity contribution in [3.05, 3.63) is 48.0 Å². The van der Waals surface area contributed by atoms with Gasteiger partial charge in [-0.3, -0.25) is 0 Å². The highest BCUT2D eigenvalue weighted by atomic mass is 28.3. The summed E-state index contributed by atoms with van der Waals surface area (Å²) in [5.74, 6) is 0.265. The van der Waals surface area contributed by atoms with Gasteiger partial charge in [0.1, 0.15) is 24.0 Å². The van der Waals surface area contributed by atoms with Crippen LogP contribution in [0, 0.1) is 5.82 Å². The van der Waals surface area contributed by atoms with Gasteiger partial charge in [0.05, 0.1) is 24.4 Å². The van der Waals surface area contributed by atoms with Crippen LogP contribution >= 0.6 is 0 Å². The van der Waals surface area contributed by atoms with E-state index in [0.29, 0.717) is 35.7 Å². The maximum atomic E-state index is 14.8. The number of ether oxygens (including phenoxy) is 2. The second-order valence-corrected chi connectivity index (χ2v) is 14.3. The smallest absolute Gasteiger partial charge is 0.147 e. The Labute approximate surface area is 178 Å². The van der Waals surface area contributed by atoms with Crippen LogP contribution in [0.25, 0.3) is 22.2 Å². The molecule has 30 heavy (non-hydrogen) atoms. The fraction of sp³-hybridized carbons (Fsp3) is 0.435. The normalized spacial score (nSPS) is 13.0. The first-order valence-corrected chi connectivity index (χ1v) is 14.0. The van der Waals surface area contributed by atoms with Crippen molar-refractivity contribution < 1.29 is 19.0 Å². The molecule has 0 bridgehead atoms. The maximum Gasteiger partial charge on any atom is 0.147 e. The number of aliphatic hydroxyl groups excluding tert-OH is 1. The zero-order valence-corrected chi connectivity index (χ0v) is 19.4. The summed E-state index contributed by atoms with van der Waals surface area (Å²) in [5.41, 5.74) is 2.38. The highest BCUT2D eigenvalue weighted by Crippen LogP contribution is 2.37. The molecule has 0 aliphatic carbocycles. The van der Waals surface area contributed by atoms with Gasteiger partial charge in [-0.15, -0.1) is 0 Å². The van der Waals surface area contributed by atoms with Crippen LogP contribution in [0.5, 0.6) is 5.75 Å². The summed E-state index contributed by atoms with van der Waals surface area (Å²) in [5, 5.41) is 11.0. The summed E-state index contributed by atoms with van der Waals surface area (Å²) in [6, 6.07) is 9.62. The predicted molar refractivity (Wildman–Crippen MR) is 121 cm³/mol. The van der Waals surface area contributed by atoms with Crippen molar-refractivity contribution >= 4 is 19.0 Å². The van der Waals surface area contributed by atoms with Gasteiger partial charge in [0.15, 0.2) is 0 Å². The number of methoxy groups -OCH3 is 1. The molecule has 5 nitrogen and oxygen atoms in total. The minimum Gasteiger partial charge on any atom is -0.494 e. The molecule has 7 heteroatoms. The van der Waals surface area contributed by atoms with Gasteiger partial charge in [-0.2, -0.15) is 0 Å². The van der Waals surface area contributed by atoms with E-state index in [1.54, 1.807) is 29.9 Å². The molecule has 0 fully saturated rings. The molecular formula is C23H31FN2O3Si. The third-order valence-electron chi connectivity index (χ3n) is 5.16. The summed E-state index contributed by atoms with van der Waals surface area (Å²) in [6.07, 6.45) is 1.75. The van der Waals surface area contributed by atoms with Crippen molar-refractivity contribution in [2.75, 3.05) is 13.7 Å². The summed E-state index contributed by atoms with van der Waals surface area (Å²) in [4.78, 5) is 4.66. The lowest BCUT2D eigenvalue weighted by Gasteiger charge is -2.15. The van der Waals surface area contributed by atoms with Crippen LogP contribution in [0.3, 0.4) is 0 Å². The number of rotatable bonds is 9. The van der Waals surface area contributed by atoms with Crippen molar-refractivity contribution in [1.82, 2.24) is 9.55 Å². The van der Waals surface area contributed by atoms with Crippen molar-refractivity contribution in [3.63, 3.8) is 0 Å². The van der Waals surface area contributed by atoms with Crippen LogP contribution in [0.4, 0.5) is 4.39 Å². The van der Waals surface area contributed by atoms with E-state index in [1.807, 2.05) is 19.2 Å². The molecule has 1 unspecified atom stereocenters. The molecule has 3 aromatic rings. The third kappa shape index (κ3) is 4.91. The van der Waals surface area contributed by atoms with Gasteiger partial charge in [0.25, 0.3) is 0 Å². The first-order chi connectivity index (χ1) is 14.2. The van der Waals surface area contributed by atoms with E-state index >= 15 is 0 Å². The van der Waals surface area contributed by atoms with Crippen LogP contribution in [0.15, 0.2) is 36.5 Å². The van der Waals surface area contributed by atoms with E-state index in [9.17, 15) is 9.50 Å². The largest absolute Gasteiger partial charge is 0.494 e. The second-order valence-electron chi connectivity index (χ2n) is 8.71. The Bertz CT molecular complexity index is 1010. The number of halogens is 1. The summed E-state index contributed by atoms with van der Waals surface area (Å²) >= 11 is 0. The van der Waals surface area contributed by atoms with E-state index in [0.717, 1.165) is 17.0 Å². The van der Waals surface area contributed by atoms with Crippen molar-refractivity contribution in [2.24, 2.45) is 0 Å². The maximum absolute atomic E-state index is 14.8. The minimum absolute atomic E-state index is 0.265. The Kier molecular flexibility index (Phi) is 6.95. The third-order valence-corrected chi connectivity index (χ3v) is 6.86. The van der Waals surface area contributed by atoms with E-state index < -0.39 is 14.2 Å². The van der Waals surface area contributed by atoms with Gasteiger partial charge in [-0.25, -0.2) is 9.37 Å². The van der Waals surface area contributed by atoms with Crippen LogP contribution in [-0.2, 0) is 11.5 Å². The monoisotopic (exact) mass is 430 g/mol. The van der Waals surface area contributed by atoms with Crippen LogP contribution in [0.1, 0.15) is 25.1 Å². The highest BCUT2D eigenvalue weighted by Gasteiger charge is 2.20. The number of hydrogen-bond acceptors (Lipinski definition) is 4. The quantitative estimate of drug-likeness (QED) is 0.354. The standard InChI is InChI=1S/C23H31FN2O3Si/c1-6-20(27)19-10-11-21(28-2)22(25-19)17-14-26(15-29-12-13-30(3,4)5)23-16(17)8-7-9-18(23)24/h7-11,14,20,27H,6,12-13,15H2,1-5H3. The molecule has 1 aromatic carbocycles. The van der Waals surface area contributed by atoms with E-state index in [2.05, 4.69) is 24.6 Å². The molecule has 0 radical (unpaired) electrons. The number of pyridine rings is 1. The van der Waals surface area contributed by atoms with Crippen LogP contribution in [-0.4, -0.2) is 36.4 Å². The molecule has 1 atom stereocenters. The van der Waals surface area contributed by atoms with Gasteiger partial charge in [-0.05, 0) is 30.7 Å². The van der Waals surface area contributed by atoms with E-state index in [-0.39, 0.29) is 12.5 Å².